The van der Waals surface area contributed by atoms with E-state index >= 15 is 0 Å². The molecule has 0 unspecified atom stereocenters. The molecule has 2 amide bonds. The first-order valence-electron chi connectivity index (χ1n) is 8.29. The molecular weight excluding hydrogens is 290 g/mol. The molecule has 2 rings (SSSR count). The molecule has 1 aromatic carbocycles. The molecule has 0 radical (unpaired) electrons. The van der Waals surface area contributed by atoms with Crippen molar-refractivity contribution >= 4 is 17.5 Å². The zero-order valence-corrected chi connectivity index (χ0v) is 14.3. The van der Waals surface area contributed by atoms with Crippen LogP contribution in [-0.4, -0.2) is 42.9 Å². The summed E-state index contributed by atoms with van der Waals surface area (Å²) in [6, 6.07) is 6.24. The first kappa shape index (κ1) is 17.5. The number of carbonyl (C=O) groups is 2. The highest BCUT2D eigenvalue weighted by atomic mass is 16.2. The summed E-state index contributed by atoms with van der Waals surface area (Å²) in [4.78, 5) is 25.9. The fourth-order valence-corrected chi connectivity index (χ4v) is 3.08. The molecule has 0 bridgehead atoms. The Morgan fingerprint density at radius 1 is 1.09 bits per heavy atom. The van der Waals surface area contributed by atoms with Gasteiger partial charge in [0.15, 0.2) is 0 Å². The Labute approximate surface area is 138 Å². The van der Waals surface area contributed by atoms with Gasteiger partial charge in [-0.1, -0.05) is 31.0 Å². The molecule has 1 aliphatic carbocycles. The van der Waals surface area contributed by atoms with Crippen molar-refractivity contribution in [2.45, 2.75) is 45.6 Å². The minimum Gasteiger partial charge on any atom is -0.352 e. The molecule has 0 spiro atoms. The summed E-state index contributed by atoms with van der Waals surface area (Å²) in [6.45, 7) is 4.39. The second kappa shape index (κ2) is 8.11. The van der Waals surface area contributed by atoms with E-state index in [0.717, 1.165) is 29.7 Å². The number of hydrogen-bond acceptors (Lipinski definition) is 3. The van der Waals surface area contributed by atoms with Crippen LogP contribution in [0.25, 0.3) is 0 Å². The van der Waals surface area contributed by atoms with Gasteiger partial charge >= 0.3 is 0 Å². The molecule has 0 atom stereocenters. The highest BCUT2D eigenvalue weighted by molar-refractivity contribution is 5.94. The average Bonchev–Trinajstić information content (AvgIpc) is 2.95. The van der Waals surface area contributed by atoms with E-state index in [1.165, 1.54) is 12.8 Å². The normalized spacial score (nSPS) is 15.0. The highest BCUT2D eigenvalue weighted by Gasteiger charge is 2.18. The quantitative estimate of drug-likeness (QED) is 0.846. The molecular formula is C18H27N3O2. The van der Waals surface area contributed by atoms with Gasteiger partial charge in [0.2, 0.25) is 11.8 Å². The SMILES string of the molecule is Cc1cccc(C)c1NC(=O)CN(C)CC(=O)NC1CCCC1. The van der Waals surface area contributed by atoms with Gasteiger partial charge in [-0.05, 0) is 44.9 Å². The zero-order chi connectivity index (χ0) is 16.8. The van der Waals surface area contributed by atoms with E-state index in [4.69, 9.17) is 0 Å². The predicted molar refractivity (Wildman–Crippen MR) is 92.4 cm³/mol. The Morgan fingerprint density at radius 3 is 2.26 bits per heavy atom. The van der Waals surface area contributed by atoms with Crippen LogP contribution in [0.15, 0.2) is 18.2 Å². The Bertz CT molecular complexity index is 545. The van der Waals surface area contributed by atoms with Crippen molar-refractivity contribution in [1.29, 1.82) is 0 Å². The first-order valence-corrected chi connectivity index (χ1v) is 8.29. The number of nitrogens with one attached hydrogen (secondary N) is 2. The number of para-hydroxylation sites is 1. The summed E-state index contributed by atoms with van der Waals surface area (Å²) in [7, 11) is 1.79. The molecule has 2 N–H and O–H groups in total. The van der Waals surface area contributed by atoms with Crippen molar-refractivity contribution < 1.29 is 9.59 Å². The van der Waals surface area contributed by atoms with Gasteiger partial charge in [0.1, 0.15) is 0 Å². The Hall–Kier alpha value is -1.88. The topological polar surface area (TPSA) is 61.4 Å². The molecule has 126 valence electrons. The van der Waals surface area contributed by atoms with Gasteiger partial charge in [-0.15, -0.1) is 0 Å². The maximum absolute atomic E-state index is 12.2. The number of aryl methyl sites for hydroxylation is 2. The Kier molecular flexibility index (Phi) is 6.16. The molecule has 0 saturated heterocycles. The summed E-state index contributed by atoms with van der Waals surface area (Å²) < 4.78 is 0. The molecule has 1 aliphatic rings. The summed E-state index contributed by atoms with van der Waals surface area (Å²) in [5, 5.41) is 5.98. The molecule has 5 heteroatoms. The number of carbonyl (C=O) groups excluding carboxylic acids is 2. The number of likely N-dealkylation sites (N-methyl/N-ethyl adjacent to an activating group) is 1. The number of hydrogen-bond donors (Lipinski definition) is 2. The van der Waals surface area contributed by atoms with Crippen LogP contribution in [0.5, 0.6) is 0 Å². The number of amides is 2. The summed E-state index contributed by atoms with van der Waals surface area (Å²) in [5.41, 5.74) is 2.95. The summed E-state index contributed by atoms with van der Waals surface area (Å²) in [6.07, 6.45) is 4.53. The van der Waals surface area contributed by atoms with Gasteiger partial charge in [-0.2, -0.15) is 0 Å². The average molecular weight is 317 g/mol. The van der Waals surface area contributed by atoms with E-state index in [9.17, 15) is 9.59 Å². The van der Waals surface area contributed by atoms with E-state index < -0.39 is 0 Å². The summed E-state index contributed by atoms with van der Waals surface area (Å²) in [5.74, 6) is -0.0992. The Morgan fingerprint density at radius 2 is 1.65 bits per heavy atom. The maximum Gasteiger partial charge on any atom is 0.238 e. The summed E-state index contributed by atoms with van der Waals surface area (Å²) >= 11 is 0. The van der Waals surface area contributed by atoms with Crippen molar-refractivity contribution in [3.63, 3.8) is 0 Å². The van der Waals surface area contributed by atoms with Crippen LogP contribution in [0.1, 0.15) is 36.8 Å². The lowest BCUT2D eigenvalue weighted by Gasteiger charge is -2.19. The van der Waals surface area contributed by atoms with Gasteiger partial charge in [0.25, 0.3) is 0 Å². The van der Waals surface area contributed by atoms with Crippen LogP contribution in [0.4, 0.5) is 5.69 Å². The van der Waals surface area contributed by atoms with Crippen LogP contribution in [0.3, 0.4) is 0 Å². The molecule has 0 aliphatic heterocycles. The molecule has 1 saturated carbocycles. The third-order valence-corrected chi connectivity index (χ3v) is 4.29. The van der Waals surface area contributed by atoms with E-state index in [-0.39, 0.29) is 24.9 Å². The minimum atomic E-state index is -0.0985. The van der Waals surface area contributed by atoms with Crippen molar-refractivity contribution in [3.05, 3.63) is 29.3 Å². The minimum absolute atomic E-state index is 0.000674. The van der Waals surface area contributed by atoms with E-state index in [0.29, 0.717) is 6.04 Å². The molecule has 0 aromatic heterocycles. The van der Waals surface area contributed by atoms with E-state index in [2.05, 4.69) is 10.6 Å². The van der Waals surface area contributed by atoms with E-state index in [1.807, 2.05) is 32.0 Å². The number of benzene rings is 1. The second-order valence-electron chi connectivity index (χ2n) is 6.54. The van der Waals surface area contributed by atoms with Crippen molar-refractivity contribution in [2.75, 3.05) is 25.5 Å². The molecule has 1 aromatic rings. The number of anilines is 1. The number of nitrogens with zero attached hydrogens (tertiary/aromatic N) is 1. The van der Waals surface area contributed by atoms with Gasteiger partial charge in [0.05, 0.1) is 13.1 Å². The predicted octanol–water partition coefficient (Wildman–Crippen LogP) is 2.23. The third kappa shape index (κ3) is 5.36. The van der Waals surface area contributed by atoms with E-state index in [1.54, 1.807) is 11.9 Å². The van der Waals surface area contributed by atoms with Crippen LogP contribution < -0.4 is 10.6 Å². The lowest BCUT2D eigenvalue weighted by molar-refractivity contribution is -0.123. The zero-order valence-electron chi connectivity index (χ0n) is 14.3. The van der Waals surface area contributed by atoms with Crippen LogP contribution in [-0.2, 0) is 9.59 Å². The Balaban J connectivity index is 1.79. The second-order valence-corrected chi connectivity index (χ2v) is 6.54. The van der Waals surface area contributed by atoms with Crippen molar-refractivity contribution in [3.8, 4) is 0 Å². The fraction of sp³-hybridized carbons (Fsp3) is 0.556. The van der Waals surface area contributed by atoms with Gasteiger partial charge in [-0.3, -0.25) is 14.5 Å². The molecule has 5 nitrogen and oxygen atoms in total. The van der Waals surface area contributed by atoms with Crippen LogP contribution in [0.2, 0.25) is 0 Å². The van der Waals surface area contributed by atoms with Crippen molar-refractivity contribution in [2.24, 2.45) is 0 Å². The smallest absolute Gasteiger partial charge is 0.238 e. The molecule has 1 fully saturated rings. The van der Waals surface area contributed by atoms with Gasteiger partial charge in [-0.25, -0.2) is 0 Å². The molecule has 0 heterocycles. The number of rotatable bonds is 6. The monoisotopic (exact) mass is 317 g/mol. The van der Waals surface area contributed by atoms with Crippen LogP contribution >= 0.6 is 0 Å². The highest BCUT2D eigenvalue weighted by Crippen LogP contribution is 2.19. The largest absolute Gasteiger partial charge is 0.352 e. The van der Waals surface area contributed by atoms with Crippen molar-refractivity contribution in [1.82, 2.24) is 10.2 Å². The fourth-order valence-electron chi connectivity index (χ4n) is 3.08. The first-order chi connectivity index (χ1) is 11.0. The van der Waals surface area contributed by atoms with Gasteiger partial charge in [0, 0.05) is 11.7 Å². The third-order valence-electron chi connectivity index (χ3n) is 4.29. The van der Waals surface area contributed by atoms with Gasteiger partial charge < -0.3 is 10.6 Å². The standard InChI is InChI=1S/C18H27N3O2/c1-13-7-6-8-14(2)18(13)20-17(23)12-21(3)11-16(22)19-15-9-4-5-10-15/h6-8,15H,4-5,9-12H2,1-3H3,(H,19,22)(H,20,23). The van der Waals surface area contributed by atoms with Crippen LogP contribution in [0, 0.1) is 13.8 Å². The molecule has 23 heavy (non-hydrogen) atoms. The lowest BCUT2D eigenvalue weighted by Crippen LogP contribution is -2.42. The maximum atomic E-state index is 12.2. The lowest BCUT2D eigenvalue weighted by atomic mass is 10.1.